The van der Waals surface area contributed by atoms with Gasteiger partial charge in [0.05, 0.1) is 0 Å². The summed E-state index contributed by atoms with van der Waals surface area (Å²) >= 11 is 0. The first-order chi connectivity index (χ1) is 16.0. The molecule has 0 saturated carbocycles. The number of hydrogen-bond acceptors (Lipinski definition) is 0. The van der Waals surface area contributed by atoms with Gasteiger partial charge in [-0.1, -0.05) is 157 Å². The van der Waals surface area contributed by atoms with Gasteiger partial charge in [-0.25, -0.2) is 0 Å². The molecular weight excluding hydrogens is 617 g/mol. The highest BCUT2D eigenvalue weighted by Crippen LogP contribution is 2.49. The van der Waals surface area contributed by atoms with E-state index in [-0.39, 0.29) is 0 Å². The highest BCUT2D eigenvalue weighted by molar-refractivity contribution is 7.32. The van der Waals surface area contributed by atoms with Crippen molar-refractivity contribution < 1.29 is 0 Å². The smallest absolute Gasteiger partial charge is 0.0449 e. The average molecular weight is 694 g/mol. The average Bonchev–Trinajstić information content (AvgIpc) is 2.41. The Bertz CT molecular complexity index is 627. The van der Waals surface area contributed by atoms with Crippen LogP contribution in [-0.2, 0) is 0 Å². The van der Waals surface area contributed by atoms with Crippen LogP contribution in [0.25, 0.3) is 0 Å². The Hall–Kier alpha value is 2.17. The molecule has 0 bridgehead atoms. The summed E-state index contributed by atoms with van der Waals surface area (Å²) in [7, 11) is -11.9. The fourth-order valence-electron chi connectivity index (χ4n) is 9.93. The molecule has 0 aromatic rings. The molecule has 0 radical (unpaired) electrons. The van der Waals surface area contributed by atoms with Gasteiger partial charge in [-0.05, 0) is 34.9 Å². The van der Waals surface area contributed by atoms with Crippen LogP contribution in [0.3, 0.4) is 0 Å². The maximum Gasteiger partial charge on any atom is 0.0449 e. The highest BCUT2D eigenvalue weighted by atomic mass is 28.9. The van der Waals surface area contributed by atoms with E-state index in [2.05, 4.69) is 157 Å². The molecule has 0 aliphatic rings. The van der Waals surface area contributed by atoms with Gasteiger partial charge in [0, 0.05) is 64.6 Å². The second kappa shape index (κ2) is 12.3. The minimum absolute atomic E-state index is 0.529. The Kier molecular flexibility index (Phi) is 13.0. The van der Waals surface area contributed by atoms with Crippen LogP contribution in [0.4, 0.5) is 0 Å². The van der Waals surface area contributed by atoms with Gasteiger partial charge in [-0.15, -0.1) is 0 Å². The van der Waals surface area contributed by atoms with Crippen LogP contribution in [0, 0.1) is 0 Å². The summed E-state index contributed by atoms with van der Waals surface area (Å²) in [5.41, 5.74) is 0. The molecule has 0 aliphatic heterocycles. The molecule has 10 heteroatoms. The van der Waals surface area contributed by atoms with Crippen molar-refractivity contribution in [2.45, 2.75) is 176 Å². The molecule has 228 valence electrons. The maximum atomic E-state index is 2.83. The lowest BCUT2D eigenvalue weighted by Gasteiger charge is -2.56. The first-order valence-electron chi connectivity index (χ1n) is 15.7. The van der Waals surface area contributed by atoms with Gasteiger partial charge in [0.15, 0.2) is 0 Å². The van der Waals surface area contributed by atoms with Crippen molar-refractivity contribution in [3.05, 3.63) is 0 Å². The Morgan fingerprint density at radius 3 is 0.342 bits per heavy atom. The van der Waals surface area contributed by atoms with E-state index in [4.69, 9.17) is 0 Å². The van der Waals surface area contributed by atoms with Crippen molar-refractivity contribution in [3.8, 4) is 0 Å². The second-order valence-electron chi connectivity index (χ2n) is 21.6. The molecule has 0 fully saturated rings. The van der Waals surface area contributed by atoms with E-state index in [0.29, 0.717) is 0 Å². The lowest BCUT2D eigenvalue weighted by molar-refractivity contribution is 1.30. The fraction of sp³-hybridized carbons (Fsp3) is 1.00. The van der Waals surface area contributed by atoms with Crippen molar-refractivity contribution in [2.75, 3.05) is 0 Å². The van der Waals surface area contributed by atoms with Crippen LogP contribution < -0.4 is 0 Å². The molecule has 38 heavy (non-hydrogen) atoms. The molecule has 0 aromatic carbocycles. The number of hydrogen-bond donors (Lipinski definition) is 0. The molecule has 0 aliphatic carbocycles. The molecular formula is C28H76Si10. The summed E-state index contributed by atoms with van der Waals surface area (Å²) in [5, 5.41) is 0. The van der Waals surface area contributed by atoms with E-state index in [9.17, 15) is 0 Å². The molecule has 0 unspecified atom stereocenters. The SMILES string of the molecule is C[Si](C)(C)C([Si](C([Si](C)(C)C)[Si](C)(C)C)=[Si](C([Si](C)(C)C)[Si](C)(C)C)C([Si](C)(C)C)[Si](C)(C)C)[Si](C)(C)C. The predicted molar refractivity (Wildman–Crippen MR) is 213 cm³/mol. The first-order valence-corrected chi connectivity index (χ1v) is 48.6. The van der Waals surface area contributed by atoms with E-state index in [1.807, 2.05) is 0 Å². The molecule has 0 heterocycles. The van der Waals surface area contributed by atoms with Crippen molar-refractivity contribution in [2.24, 2.45) is 0 Å². The topological polar surface area (TPSA) is 0 Å². The van der Waals surface area contributed by atoms with Gasteiger partial charge in [0.2, 0.25) is 0 Å². The molecule has 0 aromatic heterocycles. The molecule has 0 amide bonds. The van der Waals surface area contributed by atoms with Crippen molar-refractivity contribution in [1.29, 1.82) is 0 Å². The quantitative estimate of drug-likeness (QED) is 0.179. The Labute approximate surface area is 255 Å². The van der Waals surface area contributed by atoms with E-state index >= 15 is 0 Å². The van der Waals surface area contributed by atoms with E-state index in [0.717, 1.165) is 19.2 Å². The van der Waals surface area contributed by atoms with Crippen LogP contribution in [0.1, 0.15) is 0 Å². The van der Waals surface area contributed by atoms with Crippen LogP contribution in [0.15, 0.2) is 0 Å². The Balaban J connectivity index is 9.15. The zero-order chi connectivity index (χ0) is 31.5. The normalized spacial score (nSPS) is 15.8. The molecule has 0 spiro atoms. The molecule has 0 nitrogen and oxygen atoms in total. The summed E-state index contributed by atoms with van der Waals surface area (Å²) in [6.45, 7) is 68.0. The number of rotatable bonds is 12. The molecule has 0 atom stereocenters. The van der Waals surface area contributed by atoms with Gasteiger partial charge in [0.25, 0.3) is 0 Å². The monoisotopic (exact) mass is 692 g/mol. The minimum atomic E-state index is -1.36. The van der Waals surface area contributed by atoms with Crippen molar-refractivity contribution in [1.82, 2.24) is 0 Å². The van der Waals surface area contributed by atoms with E-state index in [1.165, 1.54) is 0 Å². The summed E-state index contributed by atoms with van der Waals surface area (Å²) in [5.74, 6) is 0. The first kappa shape index (κ1) is 40.2. The van der Waals surface area contributed by atoms with Crippen LogP contribution in [-0.4, -0.2) is 80.4 Å². The third-order valence-corrected chi connectivity index (χ3v) is 86.9. The third-order valence-electron chi connectivity index (χ3n) is 8.51. The van der Waals surface area contributed by atoms with Gasteiger partial charge >= 0.3 is 0 Å². The molecule has 0 saturated heterocycles. The van der Waals surface area contributed by atoms with Gasteiger partial charge in [-0.2, -0.15) is 0 Å². The third kappa shape index (κ3) is 10.7. The van der Waals surface area contributed by atoms with E-state index in [1.54, 1.807) is 0 Å². The largest absolute Gasteiger partial charge is 0.0696 e. The lowest BCUT2D eigenvalue weighted by Crippen LogP contribution is -2.66. The maximum absolute atomic E-state index is 2.83. The Morgan fingerprint density at radius 2 is 0.289 bits per heavy atom. The Morgan fingerprint density at radius 1 is 0.211 bits per heavy atom. The van der Waals surface area contributed by atoms with Crippen LogP contribution in [0.5, 0.6) is 0 Å². The summed E-state index contributed by atoms with van der Waals surface area (Å²) in [4.78, 5) is 4.62. The fourth-order valence-corrected chi connectivity index (χ4v) is 139. The highest BCUT2D eigenvalue weighted by Gasteiger charge is 2.56. The summed E-state index contributed by atoms with van der Waals surface area (Å²) < 4.78 is 0. The zero-order valence-corrected chi connectivity index (χ0v) is 41.3. The van der Waals surface area contributed by atoms with Crippen molar-refractivity contribution >= 4 is 80.4 Å². The van der Waals surface area contributed by atoms with Crippen LogP contribution >= 0.6 is 0 Å². The predicted octanol–water partition coefficient (Wildman–Crippen LogP) is 11.6. The molecule has 0 rings (SSSR count). The minimum Gasteiger partial charge on any atom is -0.0696 e. The van der Waals surface area contributed by atoms with Crippen LogP contribution in [0.2, 0.25) is 176 Å². The summed E-state index contributed by atoms with van der Waals surface area (Å²) in [6.07, 6.45) is 0. The lowest BCUT2D eigenvalue weighted by atomic mass is 11.6. The van der Waals surface area contributed by atoms with Crippen molar-refractivity contribution in [3.63, 3.8) is 0 Å². The molecule has 0 N–H and O–H groups in total. The van der Waals surface area contributed by atoms with Gasteiger partial charge in [-0.3, -0.25) is 0 Å². The standard InChI is InChI=1S/C28H76Si10/c1-31(2,3)25(32(4,5)6)29(26(33(7,8)9)34(10,11)12)30(27(35(13,14)15)36(16,17)18)28(37(19,20)21)38(22,23)24/h25-28H,1-24H3. The second-order valence-corrected chi connectivity index (χ2v) is 78.6. The zero-order valence-electron chi connectivity index (χ0n) is 31.3. The van der Waals surface area contributed by atoms with E-state index < -0.39 is 80.4 Å². The van der Waals surface area contributed by atoms with Gasteiger partial charge in [0.1, 0.15) is 0 Å². The summed E-state index contributed by atoms with van der Waals surface area (Å²) in [6, 6.07) is 0. The van der Waals surface area contributed by atoms with Gasteiger partial charge < -0.3 is 0 Å².